The van der Waals surface area contributed by atoms with Crippen LogP contribution in [0, 0.1) is 18.2 Å². The molecule has 0 bridgehead atoms. The van der Waals surface area contributed by atoms with E-state index in [0.717, 1.165) is 22.1 Å². The van der Waals surface area contributed by atoms with Gasteiger partial charge < -0.3 is 15.5 Å². The molecule has 0 aliphatic heterocycles. The summed E-state index contributed by atoms with van der Waals surface area (Å²) in [5.41, 5.74) is 1.17. The van der Waals surface area contributed by atoms with E-state index in [0.29, 0.717) is 26.7 Å². The summed E-state index contributed by atoms with van der Waals surface area (Å²) in [5.74, 6) is -0.435. The number of anilines is 1. The number of thiophene rings is 1. The standard InChI is InChI=1S/C25H31FN6O4S/c1-14(2)29-23(34)25(4,5)32-21(33)19-15(3)20(30-28-11-10-27)37-22(19)31(24(32)35)12-9-16-13-17(26)7-8-18(16)36-6/h7-8,10-11,13-14,27,30H,9,12H2,1-6H3,(H,29,34)/b27-10?,28-11-. The monoisotopic (exact) mass is 530 g/mol. The van der Waals surface area contributed by atoms with Crippen LogP contribution < -0.4 is 26.7 Å². The topological polar surface area (TPSA) is 131 Å². The maximum absolute atomic E-state index is 14.0. The molecule has 12 heteroatoms. The van der Waals surface area contributed by atoms with Crippen molar-refractivity contribution in [3.63, 3.8) is 0 Å². The number of benzene rings is 1. The van der Waals surface area contributed by atoms with Crippen LogP contribution in [-0.4, -0.2) is 40.6 Å². The van der Waals surface area contributed by atoms with Crippen molar-refractivity contribution in [1.82, 2.24) is 14.5 Å². The Morgan fingerprint density at radius 3 is 2.65 bits per heavy atom. The number of aryl methyl sites for hydroxylation is 3. The van der Waals surface area contributed by atoms with E-state index in [2.05, 4.69) is 15.8 Å². The molecule has 0 fully saturated rings. The number of aromatic nitrogens is 2. The number of fused-ring (bicyclic) bond motifs is 1. The Kier molecular flexibility index (Phi) is 8.32. The van der Waals surface area contributed by atoms with Crippen molar-refractivity contribution >= 4 is 44.9 Å². The summed E-state index contributed by atoms with van der Waals surface area (Å²) in [6, 6.07) is 3.95. The molecule has 10 nitrogen and oxygen atoms in total. The van der Waals surface area contributed by atoms with E-state index in [1.54, 1.807) is 20.8 Å². The fourth-order valence-electron chi connectivity index (χ4n) is 3.99. The highest BCUT2D eigenvalue weighted by Crippen LogP contribution is 2.33. The predicted molar refractivity (Wildman–Crippen MR) is 145 cm³/mol. The molecule has 1 amide bonds. The molecule has 0 saturated carbocycles. The van der Waals surface area contributed by atoms with Crippen molar-refractivity contribution in [2.45, 2.75) is 59.2 Å². The number of carbonyl (C=O) groups is 1. The van der Waals surface area contributed by atoms with Gasteiger partial charge in [0.15, 0.2) is 0 Å². The number of methoxy groups -OCH3 is 1. The van der Waals surface area contributed by atoms with Crippen molar-refractivity contribution in [2.24, 2.45) is 5.10 Å². The molecule has 2 heterocycles. The highest BCUT2D eigenvalue weighted by Gasteiger charge is 2.35. The van der Waals surface area contributed by atoms with Crippen LogP contribution in [0.3, 0.4) is 0 Å². The van der Waals surface area contributed by atoms with Crippen molar-refractivity contribution in [3.05, 3.63) is 56.0 Å². The summed E-state index contributed by atoms with van der Waals surface area (Å²) in [5, 5.41) is 14.6. The summed E-state index contributed by atoms with van der Waals surface area (Å²) in [4.78, 5) is 41.0. The number of nitrogens with one attached hydrogen (secondary N) is 3. The quantitative estimate of drug-likeness (QED) is 0.274. The molecule has 37 heavy (non-hydrogen) atoms. The molecule has 198 valence electrons. The number of hydrogen-bond donors (Lipinski definition) is 3. The van der Waals surface area contributed by atoms with Crippen LogP contribution in [0.1, 0.15) is 38.8 Å². The Labute approximate surface area is 217 Å². The largest absolute Gasteiger partial charge is 0.496 e. The summed E-state index contributed by atoms with van der Waals surface area (Å²) in [7, 11) is 1.48. The van der Waals surface area contributed by atoms with Gasteiger partial charge in [0.05, 0.1) is 18.7 Å². The SMILES string of the molecule is COc1ccc(F)cc1CCn1c(=O)n(C(C)(C)C(=O)NC(C)C)c(=O)c2c(C)c(N/N=C\C=N)sc21. The van der Waals surface area contributed by atoms with E-state index in [-0.39, 0.29) is 24.4 Å². The van der Waals surface area contributed by atoms with E-state index >= 15 is 0 Å². The number of hydrogen-bond acceptors (Lipinski definition) is 8. The van der Waals surface area contributed by atoms with Gasteiger partial charge in [-0.05, 0) is 64.8 Å². The lowest BCUT2D eigenvalue weighted by Crippen LogP contribution is -2.56. The molecular weight excluding hydrogens is 499 g/mol. The molecule has 0 radical (unpaired) electrons. The molecular formula is C25H31FN6O4S. The number of rotatable bonds is 10. The molecule has 0 unspecified atom stereocenters. The first-order valence-corrected chi connectivity index (χ1v) is 12.5. The smallest absolute Gasteiger partial charge is 0.333 e. The lowest BCUT2D eigenvalue weighted by molar-refractivity contribution is -0.129. The van der Waals surface area contributed by atoms with E-state index in [4.69, 9.17) is 10.1 Å². The molecule has 1 aromatic carbocycles. The normalized spacial score (nSPS) is 11.9. The van der Waals surface area contributed by atoms with Crippen molar-refractivity contribution in [2.75, 3.05) is 12.5 Å². The molecule has 3 N–H and O–H groups in total. The minimum atomic E-state index is -1.49. The predicted octanol–water partition coefficient (Wildman–Crippen LogP) is 3.23. The molecule has 0 aliphatic rings. The summed E-state index contributed by atoms with van der Waals surface area (Å²) in [6.07, 6.45) is 2.48. The Morgan fingerprint density at radius 2 is 2.03 bits per heavy atom. The number of halogens is 1. The first-order chi connectivity index (χ1) is 17.4. The second-order valence-electron chi connectivity index (χ2n) is 9.26. The Morgan fingerprint density at radius 1 is 1.32 bits per heavy atom. The number of hydrazone groups is 1. The van der Waals surface area contributed by atoms with Crippen LogP contribution in [0.4, 0.5) is 9.39 Å². The average molecular weight is 531 g/mol. The fraction of sp³-hybridized carbons (Fsp3) is 0.400. The minimum Gasteiger partial charge on any atom is -0.496 e. The third-order valence-corrected chi connectivity index (χ3v) is 7.13. The second-order valence-corrected chi connectivity index (χ2v) is 10.3. The van der Waals surface area contributed by atoms with Gasteiger partial charge in [0.25, 0.3) is 5.56 Å². The molecule has 3 aromatic rings. The van der Waals surface area contributed by atoms with E-state index < -0.39 is 28.5 Å². The number of carbonyl (C=O) groups excluding carboxylic acids is 1. The Hall–Kier alpha value is -3.80. The maximum atomic E-state index is 14.0. The van der Waals surface area contributed by atoms with Gasteiger partial charge in [-0.3, -0.25) is 19.6 Å². The van der Waals surface area contributed by atoms with Crippen LogP contribution in [-0.2, 0) is 23.3 Å². The Balaban J connectivity index is 2.27. The van der Waals surface area contributed by atoms with Crippen molar-refractivity contribution in [1.29, 1.82) is 5.41 Å². The molecule has 0 saturated heterocycles. The van der Waals surface area contributed by atoms with Crippen LogP contribution in [0.2, 0.25) is 0 Å². The molecule has 0 aliphatic carbocycles. The lowest BCUT2D eigenvalue weighted by atomic mass is 10.0. The van der Waals surface area contributed by atoms with Gasteiger partial charge in [-0.15, -0.1) is 0 Å². The zero-order valence-corrected chi connectivity index (χ0v) is 22.5. The molecule has 0 atom stereocenters. The summed E-state index contributed by atoms with van der Waals surface area (Å²) in [6.45, 7) is 8.45. The third-order valence-electron chi connectivity index (χ3n) is 5.91. The van der Waals surface area contributed by atoms with E-state index in [9.17, 15) is 18.8 Å². The van der Waals surface area contributed by atoms with Gasteiger partial charge in [0.1, 0.15) is 26.9 Å². The van der Waals surface area contributed by atoms with E-state index in [1.165, 1.54) is 49.9 Å². The number of amides is 1. The van der Waals surface area contributed by atoms with Crippen LogP contribution in [0.15, 0.2) is 32.9 Å². The summed E-state index contributed by atoms with van der Waals surface area (Å²) < 4.78 is 21.7. The highest BCUT2D eigenvalue weighted by atomic mass is 32.1. The first-order valence-electron chi connectivity index (χ1n) is 11.6. The summed E-state index contributed by atoms with van der Waals surface area (Å²) >= 11 is 1.16. The number of ether oxygens (including phenoxy) is 1. The van der Waals surface area contributed by atoms with Gasteiger partial charge in [-0.25, -0.2) is 13.8 Å². The number of nitrogens with zero attached hydrogens (tertiary/aromatic N) is 3. The highest BCUT2D eigenvalue weighted by molar-refractivity contribution is 7.22. The average Bonchev–Trinajstić information content (AvgIpc) is 3.15. The zero-order chi connectivity index (χ0) is 27.5. The van der Waals surface area contributed by atoms with Gasteiger partial charge in [-0.2, -0.15) is 5.10 Å². The Bertz CT molecular complexity index is 1490. The first kappa shape index (κ1) is 27.8. The molecule has 3 rings (SSSR count). The van der Waals surface area contributed by atoms with Crippen molar-refractivity contribution < 1.29 is 13.9 Å². The molecule has 0 spiro atoms. The van der Waals surface area contributed by atoms with Gasteiger partial charge in [0, 0.05) is 24.4 Å². The zero-order valence-electron chi connectivity index (χ0n) is 21.6. The minimum absolute atomic E-state index is 0.0977. The van der Waals surface area contributed by atoms with Crippen LogP contribution in [0.5, 0.6) is 5.75 Å². The van der Waals surface area contributed by atoms with E-state index in [1.807, 2.05) is 0 Å². The fourth-order valence-corrected chi connectivity index (χ4v) is 5.16. The van der Waals surface area contributed by atoms with Gasteiger partial charge in [-0.1, -0.05) is 11.3 Å². The second kappa shape index (κ2) is 11.1. The van der Waals surface area contributed by atoms with Crippen molar-refractivity contribution in [3.8, 4) is 5.75 Å². The molecule has 2 aromatic heterocycles. The van der Waals surface area contributed by atoms with Gasteiger partial charge in [0.2, 0.25) is 5.91 Å². The van der Waals surface area contributed by atoms with Gasteiger partial charge >= 0.3 is 5.69 Å². The third kappa shape index (κ3) is 5.48. The van der Waals surface area contributed by atoms with Crippen LogP contribution in [0.25, 0.3) is 10.2 Å². The van der Waals surface area contributed by atoms with Crippen LogP contribution >= 0.6 is 11.3 Å². The maximum Gasteiger partial charge on any atom is 0.333 e. The lowest BCUT2D eigenvalue weighted by Gasteiger charge is -2.27.